The molecule has 0 aliphatic heterocycles. The van der Waals surface area contributed by atoms with Crippen LogP contribution in [0.4, 0.5) is 13.2 Å². The number of alkyl halides is 3. The molecule has 1 N–H and O–H groups in total. The van der Waals surface area contributed by atoms with Crippen molar-refractivity contribution in [2.24, 2.45) is 0 Å². The summed E-state index contributed by atoms with van der Waals surface area (Å²) in [5, 5.41) is 17.6. The number of carboxylic acid groups (broad SMARTS) is 1. The Labute approximate surface area is 213 Å². The molecule has 0 atom stereocenters. The fourth-order valence-corrected chi connectivity index (χ4v) is 6.50. The molecular formula is C27H21F3N2O2S2. The third-order valence-electron chi connectivity index (χ3n) is 5.99. The molecule has 0 aliphatic rings. The maximum atomic E-state index is 12.9. The van der Waals surface area contributed by atoms with Crippen molar-refractivity contribution in [3.05, 3.63) is 88.9 Å². The van der Waals surface area contributed by atoms with Crippen molar-refractivity contribution >= 4 is 50.1 Å². The molecule has 5 aromatic rings. The van der Waals surface area contributed by atoms with Crippen molar-refractivity contribution in [3.8, 4) is 5.69 Å². The Bertz CT molecular complexity index is 1580. The second kappa shape index (κ2) is 8.97. The lowest BCUT2D eigenvalue weighted by molar-refractivity contribution is -0.138. The maximum Gasteiger partial charge on any atom is 0.416 e. The number of benzene rings is 3. The number of nitrogens with zero attached hydrogens (tertiary/aromatic N) is 2. The number of aliphatic carboxylic acids is 1. The lowest BCUT2D eigenvalue weighted by Gasteiger charge is -2.25. The van der Waals surface area contributed by atoms with Crippen LogP contribution in [0.5, 0.6) is 0 Å². The van der Waals surface area contributed by atoms with Crippen LogP contribution >= 0.6 is 23.1 Å². The number of thiophene rings is 1. The molecule has 0 fully saturated rings. The van der Waals surface area contributed by atoms with E-state index in [1.54, 1.807) is 16.4 Å². The second-order valence-corrected chi connectivity index (χ2v) is 11.6. The summed E-state index contributed by atoms with van der Waals surface area (Å²) < 4.78 is 41.1. The van der Waals surface area contributed by atoms with Crippen LogP contribution in [0.2, 0.25) is 0 Å². The molecule has 2 aromatic heterocycles. The van der Waals surface area contributed by atoms with Gasteiger partial charge in [0, 0.05) is 25.9 Å². The van der Waals surface area contributed by atoms with Crippen LogP contribution < -0.4 is 0 Å². The van der Waals surface area contributed by atoms with Crippen molar-refractivity contribution < 1.29 is 23.1 Å². The van der Waals surface area contributed by atoms with E-state index in [2.05, 4.69) is 19.9 Å². The minimum absolute atomic E-state index is 0.00156. The summed E-state index contributed by atoms with van der Waals surface area (Å²) in [6, 6.07) is 16.9. The highest BCUT2D eigenvalue weighted by atomic mass is 32.2. The van der Waals surface area contributed by atoms with Gasteiger partial charge in [-0.05, 0) is 72.1 Å². The minimum Gasteiger partial charge on any atom is -0.481 e. The molecule has 0 spiro atoms. The molecule has 0 saturated carbocycles. The van der Waals surface area contributed by atoms with E-state index in [1.807, 2.05) is 41.9 Å². The number of carboxylic acids is 1. The summed E-state index contributed by atoms with van der Waals surface area (Å²) in [5.74, 6) is -0.849. The summed E-state index contributed by atoms with van der Waals surface area (Å²) in [4.78, 5) is 12.2. The smallest absolute Gasteiger partial charge is 0.416 e. The first-order valence-electron chi connectivity index (χ1n) is 11.1. The molecule has 0 saturated heterocycles. The lowest BCUT2D eigenvalue weighted by atomic mass is 10.00. The Morgan fingerprint density at radius 3 is 2.53 bits per heavy atom. The molecule has 36 heavy (non-hydrogen) atoms. The normalized spacial score (nSPS) is 12.5. The van der Waals surface area contributed by atoms with E-state index < -0.39 is 17.7 Å². The van der Waals surface area contributed by atoms with Gasteiger partial charge in [-0.2, -0.15) is 18.3 Å². The molecule has 9 heteroatoms. The van der Waals surface area contributed by atoms with E-state index in [0.717, 1.165) is 49.1 Å². The maximum absolute atomic E-state index is 12.9. The van der Waals surface area contributed by atoms with Crippen molar-refractivity contribution in [1.29, 1.82) is 0 Å². The summed E-state index contributed by atoms with van der Waals surface area (Å²) in [7, 11) is 0. The van der Waals surface area contributed by atoms with E-state index >= 15 is 0 Å². The molecule has 0 radical (unpaired) electrons. The molecule has 0 unspecified atom stereocenters. The predicted molar refractivity (Wildman–Crippen MR) is 138 cm³/mol. The van der Waals surface area contributed by atoms with E-state index in [-0.39, 0.29) is 11.2 Å². The number of thioether (sulfide) groups is 1. The van der Waals surface area contributed by atoms with E-state index in [4.69, 9.17) is 10.2 Å². The molecule has 0 bridgehead atoms. The number of fused-ring (bicyclic) bond motifs is 2. The standard InChI is InChI=1S/C27H21F3N2O2S2/c1-26(2,36-20-10-11-21-17(12-24(33)34)15-35-23(21)13-20)22-5-3-4-16-14-32(31-25(16)22)19-8-6-18(7-9-19)27(28,29)30/h3-11,13-15H,12H2,1-2H3,(H,33,34). The van der Waals surface area contributed by atoms with Gasteiger partial charge in [-0.3, -0.25) is 4.79 Å². The molecule has 3 aromatic carbocycles. The first kappa shape index (κ1) is 24.4. The van der Waals surface area contributed by atoms with Crippen LogP contribution in [0, 0.1) is 0 Å². The van der Waals surface area contributed by atoms with Gasteiger partial charge in [-0.15, -0.1) is 23.1 Å². The van der Waals surface area contributed by atoms with Gasteiger partial charge in [0.2, 0.25) is 0 Å². The Morgan fingerprint density at radius 2 is 1.83 bits per heavy atom. The van der Waals surface area contributed by atoms with Crippen LogP contribution in [0.3, 0.4) is 0 Å². The van der Waals surface area contributed by atoms with Crippen molar-refractivity contribution in [3.63, 3.8) is 0 Å². The SMILES string of the molecule is CC(C)(Sc1ccc2c(CC(=O)O)csc2c1)c1cccc2cn(-c3ccc(C(F)(F)F)cc3)nc12. The van der Waals surface area contributed by atoms with Gasteiger partial charge in [0.15, 0.2) is 0 Å². The molecule has 4 nitrogen and oxygen atoms in total. The first-order chi connectivity index (χ1) is 17.0. The first-order valence-corrected chi connectivity index (χ1v) is 12.8. The van der Waals surface area contributed by atoms with E-state index in [9.17, 15) is 18.0 Å². The number of carbonyl (C=O) groups is 1. The van der Waals surface area contributed by atoms with Crippen molar-refractivity contribution in [1.82, 2.24) is 9.78 Å². The summed E-state index contributed by atoms with van der Waals surface area (Å²) >= 11 is 3.21. The second-order valence-electron chi connectivity index (χ2n) is 8.96. The van der Waals surface area contributed by atoms with Gasteiger partial charge in [0.25, 0.3) is 0 Å². The quantitative estimate of drug-likeness (QED) is 0.228. The Kier molecular flexibility index (Phi) is 6.08. The van der Waals surface area contributed by atoms with E-state index in [0.29, 0.717) is 5.69 Å². The fraction of sp³-hybridized carbons (Fsp3) is 0.185. The lowest BCUT2D eigenvalue weighted by Crippen LogP contribution is -2.12. The van der Waals surface area contributed by atoms with Gasteiger partial charge in [-0.25, -0.2) is 4.68 Å². The van der Waals surface area contributed by atoms with Gasteiger partial charge in [0.1, 0.15) is 0 Å². The summed E-state index contributed by atoms with van der Waals surface area (Å²) in [6.45, 7) is 4.22. The zero-order chi connectivity index (χ0) is 25.7. The van der Waals surface area contributed by atoms with Crippen LogP contribution in [-0.4, -0.2) is 20.9 Å². The Morgan fingerprint density at radius 1 is 1.08 bits per heavy atom. The molecular weight excluding hydrogens is 505 g/mol. The van der Waals surface area contributed by atoms with Crippen molar-refractivity contribution in [2.45, 2.75) is 36.1 Å². The highest BCUT2D eigenvalue weighted by molar-refractivity contribution is 8.00. The largest absolute Gasteiger partial charge is 0.481 e. The number of halogens is 3. The molecule has 5 rings (SSSR count). The number of hydrogen-bond donors (Lipinski definition) is 1. The van der Waals surface area contributed by atoms with Crippen molar-refractivity contribution in [2.75, 3.05) is 0 Å². The molecule has 2 heterocycles. The topological polar surface area (TPSA) is 55.1 Å². The Hall–Kier alpha value is -3.30. The van der Waals surface area contributed by atoms with Crippen LogP contribution in [0.1, 0.15) is 30.5 Å². The Balaban J connectivity index is 1.46. The van der Waals surface area contributed by atoms with Gasteiger partial charge < -0.3 is 5.11 Å². The minimum atomic E-state index is -4.38. The highest BCUT2D eigenvalue weighted by Gasteiger charge is 2.30. The third kappa shape index (κ3) is 4.73. The predicted octanol–water partition coefficient (Wildman–Crippen LogP) is 7.91. The van der Waals surface area contributed by atoms with Gasteiger partial charge >= 0.3 is 12.1 Å². The number of aromatic nitrogens is 2. The summed E-state index contributed by atoms with van der Waals surface area (Å²) in [5.41, 5.74) is 2.47. The fourth-order valence-electron chi connectivity index (χ4n) is 4.24. The zero-order valence-corrected chi connectivity index (χ0v) is 21.0. The number of hydrogen-bond acceptors (Lipinski definition) is 4. The zero-order valence-electron chi connectivity index (χ0n) is 19.3. The molecule has 0 aliphatic carbocycles. The van der Waals surface area contributed by atoms with Crippen LogP contribution in [0.25, 0.3) is 26.7 Å². The third-order valence-corrected chi connectivity index (χ3v) is 8.20. The molecule has 184 valence electrons. The molecule has 0 amide bonds. The summed E-state index contributed by atoms with van der Waals surface area (Å²) in [6.07, 6.45) is -2.56. The van der Waals surface area contributed by atoms with E-state index in [1.165, 1.54) is 23.5 Å². The monoisotopic (exact) mass is 526 g/mol. The van der Waals surface area contributed by atoms with Gasteiger partial charge in [-0.1, -0.05) is 24.3 Å². The van der Waals surface area contributed by atoms with Gasteiger partial charge in [0.05, 0.1) is 23.2 Å². The highest BCUT2D eigenvalue weighted by Crippen LogP contribution is 2.44. The van der Waals surface area contributed by atoms with Crippen LogP contribution in [-0.2, 0) is 22.1 Å². The van der Waals surface area contributed by atoms with Crippen LogP contribution in [0.15, 0.2) is 77.1 Å². The average molecular weight is 527 g/mol. The average Bonchev–Trinajstić information content (AvgIpc) is 3.42. The number of rotatable bonds is 6.